The smallest absolute Gasteiger partial charge is 0.308 e. The third-order valence-electron chi connectivity index (χ3n) is 7.23. The van der Waals surface area contributed by atoms with Crippen molar-refractivity contribution in [1.29, 1.82) is 0 Å². The summed E-state index contributed by atoms with van der Waals surface area (Å²) in [5.74, 6) is 1.11. The first-order chi connectivity index (χ1) is 13.8. The van der Waals surface area contributed by atoms with Crippen LogP contribution < -0.4 is 0 Å². The van der Waals surface area contributed by atoms with E-state index in [9.17, 15) is 19.8 Å². The van der Waals surface area contributed by atoms with Gasteiger partial charge < -0.3 is 14.9 Å². The Kier molecular flexibility index (Phi) is 7.33. The van der Waals surface area contributed by atoms with Gasteiger partial charge in [-0.25, -0.2) is 0 Å². The highest BCUT2D eigenvalue weighted by molar-refractivity contribution is 5.81. The number of allylic oxidation sites excluding steroid dienone is 3. The molecule has 1 heterocycles. The Hall–Kier alpha value is -1.46. The van der Waals surface area contributed by atoms with Crippen LogP contribution in [-0.2, 0) is 14.3 Å². The zero-order chi connectivity index (χ0) is 21.1. The number of carbonyl (C=O) groups is 2. The molecule has 1 fully saturated rings. The molecule has 0 amide bonds. The largest absolute Gasteiger partial charge is 0.462 e. The van der Waals surface area contributed by atoms with Gasteiger partial charge in [-0.2, -0.15) is 0 Å². The van der Waals surface area contributed by atoms with Gasteiger partial charge in [-0.1, -0.05) is 39.0 Å². The lowest BCUT2D eigenvalue weighted by Gasteiger charge is -2.44. The van der Waals surface area contributed by atoms with Crippen LogP contribution in [0.15, 0.2) is 23.8 Å². The average molecular weight is 405 g/mol. The van der Waals surface area contributed by atoms with Crippen molar-refractivity contribution in [2.75, 3.05) is 0 Å². The third-order valence-corrected chi connectivity index (χ3v) is 7.23. The Morgan fingerprint density at radius 3 is 2.72 bits per heavy atom. The van der Waals surface area contributed by atoms with Crippen LogP contribution in [0.1, 0.15) is 65.7 Å². The number of cyclic esters (lactones) is 1. The van der Waals surface area contributed by atoms with Crippen molar-refractivity contribution in [3.8, 4) is 0 Å². The molecule has 3 aliphatic rings. The Balaban J connectivity index is 1.74. The summed E-state index contributed by atoms with van der Waals surface area (Å²) in [7, 11) is 0. The molecule has 2 N–H and O–H groups in total. The summed E-state index contributed by atoms with van der Waals surface area (Å²) in [6.45, 7) is 6.23. The molecule has 1 aliphatic heterocycles. The maximum Gasteiger partial charge on any atom is 0.308 e. The lowest BCUT2D eigenvalue weighted by molar-refractivity contribution is -0.160. The minimum atomic E-state index is -0.605. The number of hydrogen-bond donors (Lipinski definition) is 2. The summed E-state index contributed by atoms with van der Waals surface area (Å²) in [6.07, 6.45) is 9.13. The van der Waals surface area contributed by atoms with Crippen molar-refractivity contribution >= 4 is 11.8 Å². The van der Waals surface area contributed by atoms with Crippen LogP contribution in [0.2, 0.25) is 0 Å². The van der Waals surface area contributed by atoms with Gasteiger partial charge in [0.15, 0.2) is 0 Å². The van der Waals surface area contributed by atoms with E-state index in [2.05, 4.69) is 19.1 Å². The van der Waals surface area contributed by atoms with Gasteiger partial charge >= 0.3 is 5.97 Å². The minimum absolute atomic E-state index is 0.0552. The number of aliphatic hydroxyl groups is 2. The third kappa shape index (κ3) is 5.37. The van der Waals surface area contributed by atoms with E-state index in [4.69, 9.17) is 4.74 Å². The highest BCUT2D eigenvalue weighted by Crippen LogP contribution is 2.47. The Morgan fingerprint density at radius 1 is 1.28 bits per heavy atom. The summed E-state index contributed by atoms with van der Waals surface area (Å²) < 4.78 is 5.45. The molecule has 3 rings (SSSR count). The molecule has 1 unspecified atom stereocenters. The van der Waals surface area contributed by atoms with Crippen molar-refractivity contribution in [2.24, 2.45) is 29.6 Å². The van der Waals surface area contributed by atoms with Gasteiger partial charge in [0.2, 0.25) is 0 Å². The van der Waals surface area contributed by atoms with E-state index < -0.39 is 12.2 Å². The molecular weight excluding hydrogens is 368 g/mol. The van der Waals surface area contributed by atoms with Crippen molar-refractivity contribution < 1.29 is 24.5 Å². The monoisotopic (exact) mass is 404 g/mol. The van der Waals surface area contributed by atoms with Gasteiger partial charge in [0.05, 0.1) is 18.6 Å². The summed E-state index contributed by atoms with van der Waals surface area (Å²) in [6, 6.07) is 0. The van der Waals surface area contributed by atoms with Gasteiger partial charge in [-0.15, -0.1) is 0 Å². The highest BCUT2D eigenvalue weighted by atomic mass is 16.5. The van der Waals surface area contributed by atoms with Crippen molar-refractivity contribution in [2.45, 2.75) is 84.0 Å². The van der Waals surface area contributed by atoms with E-state index in [-0.39, 0.29) is 42.0 Å². The second-order valence-corrected chi connectivity index (χ2v) is 9.40. The normalized spacial score (nSPS) is 38.0. The molecular formula is C24H36O5. The number of Topliss-reactive ketones (excluding diaryl/α,β-unsaturated/α-hetero) is 1. The van der Waals surface area contributed by atoms with Crippen molar-refractivity contribution in [3.05, 3.63) is 23.8 Å². The van der Waals surface area contributed by atoms with Gasteiger partial charge in [0.1, 0.15) is 11.9 Å². The predicted molar refractivity (Wildman–Crippen MR) is 111 cm³/mol. The van der Waals surface area contributed by atoms with Gasteiger partial charge in [-0.3, -0.25) is 9.59 Å². The number of carbonyl (C=O) groups excluding carboxylic acids is 2. The Morgan fingerprint density at radius 2 is 2.03 bits per heavy atom. The molecule has 0 spiro atoms. The second-order valence-electron chi connectivity index (χ2n) is 9.40. The first-order valence-corrected chi connectivity index (χ1v) is 11.3. The maximum atomic E-state index is 12.7. The minimum Gasteiger partial charge on any atom is -0.462 e. The van der Waals surface area contributed by atoms with Crippen LogP contribution in [0.3, 0.4) is 0 Å². The van der Waals surface area contributed by atoms with E-state index in [1.165, 1.54) is 0 Å². The summed E-state index contributed by atoms with van der Waals surface area (Å²) in [5.41, 5.74) is 1.15. The fraction of sp³-hybridized carbons (Fsp3) is 0.750. The lowest BCUT2D eigenvalue weighted by atomic mass is 9.62. The average Bonchev–Trinajstić information content (AvgIpc) is 2.65. The number of ether oxygens (including phenoxy) is 1. The van der Waals surface area contributed by atoms with Gasteiger partial charge in [0.25, 0.3) is 0 Å². The number of fused-ring (bicyclic) bond motifs is 1. The van der Waals surface area contributed by atoms with Crippen molar-refractivity contribution in [3.63, 3.8) is 0 Å². The molecule has 0 aromatic heterocycles. The highest BCUT2D eigenvalue weighted by Gasteiger charge is 2.41. The van der Waals surface area contributed by atoms with Crippen LogP contribution in [0.5, 0.6) is 0 Å². The fourth-order valence-corrected chi connectivity index (χ4v) is 5.38. The van der Waals surface area contributed by atoms with Crippen LogP contribution >= 0.6 is 0 Å². The number of rotatable bonds is 7. The molecule has 0 radical (unpaired) electrons. The van der Waals surface area contributed by atoms with Gasteiger partial charge in [0, 0.05) is 18.8 Å². The molecule has 1 saturated heterocycles. The molecule has 5 heteroatoms. The first-order valence-electron chi connectivity index (χ1n) is 11.3. The Labute approximate surface area is 174 Å². The Bertz CT molecular complexity index is 666. The second kappa shape index (κ2) is 9.57. The number of hydrogen-bond acceptors (Lipinski definition) is 5. The summed E-state index contributed by atoms with van der Waals surface area (Å²) >= 11 is 0. The standard InChI is InChI=1S/C24H36O5/c1-4-14(2)22(27)11-17-10-18(25)9-16-6-5-15(3)21(24(16)17)8-7-20-12-19(26)13-23(28)29-20/h5-6,9,14-15,17-21,24-26H,4,7-8,10-13H2,1-3H3/t14-,15-,17+,18-,19+,20?,21-,24+/m0/s1. The van der Waals surface area contributed by atoms with Crippen molar-refractivity contribution in [1.82, 2.24) is 0 Å². The van der Waals surface area contributed by atoms with Crippen LogP contribution in [0.4, 0.5) is 0 Å². The van der Waals surface area contributed by atoms with Gasteiger partial charge in [-0.05, 0) is 54.9 Å². The van der Waals surface area contributed by atoms with E-state index >= 15 is 0 Å². The van der Waals surface area contributed by atoms with Crippen LogP contribution in [0.25, 0.3) is 0 Å². The molecule has 8 atom stereocenters. The molecule has 0 saturated carbocycles. The number of aliphatic hydroxyl groups excluding tert-OH is 2. The van der Waals surface area contributed by atoms with E-state index in [0.717, 1.165) is 24.8 Å². The van der Waals surface area contributed by atoms with E-state index in [1.54, 1.807) is 0 Å². The summed E-state index contributed by atoms with van der Waals surface area (Å²) in [5, 5.41) is 20.3. The molecule has 2 aliphatic carbocycles. The molecule has 0 aromatic carbocycles. The van der Waals surface area contributed by atoms with Crippen LogP contribution in [0, 0.1) is 29.6 Å². The predicted octanol–water partition coefficient (Wildman–Crippen LogP) is 3.58. The maximum absolute atomic E-state index is 12.7. The molecule has 0 aromatic rings. The zero-order valence-corrected chi connectivity index (χ0v) is 17.9. The molecule has 5 nitrogen and oxygen atoms in total. The molecule has 29 heavy (non-hydrogen) atoms. The summed E-state index contributed by atoms with van der Waals surface area (Å²) in [4.78, 5) is 24.3. The zero-order valence-electron chi connectivity index (χ0n) is 17.9. The van der Waals surface area contributed by atoms with E-state index in [1.807, 2.05) is 19.9 Å². The number of esters is 1. The molecule has 162 valence electrons. The van der Waals surface area contributed by atoms with Crippen LogP contribution in [-0.4, -0.2) is 40.3 Å². The SMILES string of the molecule is CC[C@H](C)C(=O)C[C@H]1C[C@@H](O)C=C2C=C[C@H](C)[C@H](CCC3C[C@@H](O)CC(=O)O3)[C@H]21. The quantitative estimate of drug-likeness (QED) is 0.634. The van der Waals surface area contributed by atoms with E-state index in [0.29, 0.717) is 31.1 Å². The number of ketones is 1. The topological polar surface area (TPSA) is 83.8 Å². The lowest BCUT2D eigenvalue weighted by Crippen LogP contribution is -2.39. The molecule has 0 bridgehead atoms. The first kappa shape index (κ1) is 22.2. The fourth-order valence-electron chi connectivity index (χ4n) is 5.38.